The molecule has 0 radical (unpaired) electrons. The third-order valence-corrected chi connectivity index (χ3v) is 4.16. The lowest BCUT2D eigenvalue weighted by atomic mass is 9.96. The SMILES string of the molecule is CC(=O)OCOC(=O)NCCC(Cc1ccccc1)C(=O)Oc1ccc(Cl)cc1. The molecule has 0 fully saturated rings. The fourth-order valence-electron chi connectivity index (χ4n) is 2.47. The summed E-state index contributed by atoms with van der Waals surface area (Å²) >= 11 is 5.85. The van der Waals surface area contributed by atoms with Crippen LogP contribution in [0.5, 0.6) is 5.75 Å². The normalized spacial score (nSPS) is 11.2. The molecule has 0 saturated carbocycles. The summed E-state index contributed by atoms with van der Waals surface area (Å²) < 4.78 is 14.7. The minimum atomic E-state index is -0.740. The number of ether oxygens (including phenoxy) is 3. The first-order valence-corrected chi connectivity index (χ1v) is 9.37. The molecule has 154 valence electrons. The van der Waals surface area contributed by atoms with Crippen molar-refractivity contribution in [3.63, 3.8) is 0 Å². The predicted molar refractivity (Wildman–Crippen MR) is 106 cm³/mol. The number of halogens is 1. The van der Waals surface area contributed by atoms with Gasteiger partial charge in [-0.1, -0.05) is 41.9 Å². The van der Waals surface area contributed by atoms with Crippen LogP contribution in [-0.4, -0.2) is 31.4 Å². The van der Waals surface area contributed by atoms with E-state index in [1.54, 1.807) is 24.3 Å². The topological polar surface area (TPSA) is 90.9 Å². The number of hydrogen-bond acceptors (Lipinski definition) is 6. The van der Waals surface area contributed by atoms with Crippen molar-refractivity contribution in [2.24, 2.45) is 5.92 Å². The number of nitrogens with one attached hydrogen (secondary N) is 1. The van der Waals surface area contributed by atoms with Gasteiger partial charge >= 0.3 is 18.0 Å². The van der Waals surface area contributed by atoms with E-state index < -0.39 is 30.7 Å². The van der Waals surface area contributed by atoms with Crippen LogP contribution in [0.2, 0.25) is 5.02 Å². The van der Waals surface area contributed by atoms with Crippen LogP contribution in [0.4, 0.5) is 4.79 Å². The molecule has 2 aromatic rings. The minimum Gasteiger partial charge on any atom is -0.428 e. The highest BCUT2D eigenvalue weighted by molar-refractivity contribution is 6.30. The highest BCUT2D eigenvalue weighted by atomic mass is 35.5. The number of esters is 2. The molecule has 0 saturated heterocycles. The van der Waals surface area contributed by atoms with E-state index >= 15 is 0 Å². The molecule has 1 unspecified atom stereocenters. The van der Waals surface area contributed by atoms with Crippen LogP contribution in [0, 0.1) is 5.92 Å². The Bertz CT molecular complexity index is 810. The van der Waals surface area contributed by atoms with E-state index in [1.807, 2.05) is 30.3 Å². The molecule has 1 N–H and O–H groups in total. The molecule has 1 atom stereocenters. The van der Waals surface area contributed by atoms with Crippen molar-refractivity contribution in [3.05, 3.63) is 65.2 Å². The lowest BCUT2D eigenvalue weighted by molar-refractivity contribution is -0.149. The van der Waals surface area contributed by atoms with Crippen LogP contribution in [0.15, 0.2) is 54.6 Å². The zero-order valence-corrected chi connectivity index (χ0v) is 16.7. The summed E-state index contributed by atoms with van der Waals surface area (Å²) in [6.45, 7) is 0.932. The van der Waals surface area contributed by atoms with Gasteiger partial charge in [-0.05, 0) is 42.7 Å². The Labute approximate surface area is 173 Å². The van der Waals surface area contributed by atoms with E-state index in [4.69, 9.17) is 21.1 Å². The van der Waals surface area contributed by atoms with Gasteiger partial charge in [0, 0.05) is 18.5 Å². The first-order chi connectivity index (χ1) is 13.9. The molecular weight excluding hydrogens is 398 g/mol. The second-order valence-electron chi connectivity index (χ2n) is 6.16. The highest BCUT2D eigenvalue weighted by Crippen LogP contribution is 2.19. The highest BCUT2D eigenvalue weighted by Gasteiger charge is 2.21. The van der Waals surface area contributed by atoms with E-state index in [-0.39, 0.29) is 6.54 Å². The summed E-state index contributed by atoms with van der Waals surface area (Å²) in [7, 11) is 0. The zero-order chi connectivity index (χ0) is 21.1. The maximum atomic E-state index is 12.7. The summed E-state index contributed by atoms with van der Waals surface area (Å²) in [5.74, 6) is -1.05. The van der Waals surface area contributed by atoms with Gasteiger partial charge in [0.15, 0.2) is 0 Å². The van der Waals surface area contributed by atoms with Gasteiger partial charge in [-0.3, -0.25) is 9.59 Å². The Morgan fingerprint density at radius 3 is 2.34 bits per heavy atom. The molecule has 2 aromatic carbocycles. The second kappa shape index (κ2) is 11.7. The first kappa shape index (κ1) is 22.2. The number of alkyl carbamates (subject to hydrolysis) is 1. The summed E-state index contributed by atoms with van der Waals surface area (Å²) in [5, 5.41) is 3.06. The van der Waals surface area contributed by atoms with Crippen LogP contribution >= 0.6 is 11.6 Å². The van der Waals surface area contributed by atoms with Crippen molar-refractivity contribution in [1.82, 2.24) is 5.32 Å². The van der Waals surface area contributed by atoms with Crippen LogP contribution < -0.4 is 10.1 Å². The Morgan fingerprint density at radius 2 is 1.69 bits per heavy atom. The lowest BCUT2D eigenvalue weighted by Crippen LogP contribution is -2.31. The van der Waals surface area contributed by atoms with Crippen molar-refractivity contribution >= 4 is 29.6 Å². The van der Waals surface area contributed by atoms with Gasteiger partial charge < -0.3 is 19.5 Å². The maximum Gasteiger partial charge on any atom is 0.410 e. The number of rotatable bonds is 9. The molecule has 29 heavy (non-hydrogen) atoms. The van der Waals surface area contributed by atoms with Gasteiger partial charge in [0.2, 0.25) is 6.79 Å². The molecule has 2 rings (SSSR count). The van der Waals surface area contributed by atoms with Crippen LogP contribution in [-0.2, 0) is 25.5 Å². The largest absolute Gasteiger partial charge is 0.428 e. The third kappa shape index (κ3) is 8.66. The Kier molecular flexibility index (Phi) is 8.98. The minimum absolute atomic E-state index is 0.187. The number of hydrogen-bond donors (Lipinski definition) is 1. The molecule has 0 aliphatic carbocycles. The third-order valence-electron chi connectivity index (χ3n) is 3.90. The maximum absolute atomic E-state index is 12.7. The van der Waals surface area contributed by atoms with E-state index in [1.165, 1.54) is 6.92 Å². The van der Waals surface area contributed by atoms with Crippen molar-refractivity contribution < 1.29 is 28.6 Å². The summed E-state index contributed by atoms with van der Waals surface area (Å²) in [5.41, 5.74) is 0.975. The zero-order valence-electron chi connectivity index (χ0n) is 15.9. The van der Waals surface area contributed by atoms with E-state index in [0.717, 1.165) is 5.56 Å². The molecule has 0 aliphatic rings. The van der Waals surface area contributed by atoms with E-state index in [2.05, 4.69) is 10.1 Å². The van der Waals surface area contributed by atoms with Crippen molar-refractivity contribution in [2.45, 2.75) is 19.8 Å². The number of carbonyl (C=O) groups is 3. The Morgan fingerprint density at radius 1 is 1.00 bits per heavy atom. The van der Waals surface area contributed by atoms with Crippen molar-refractivity contribution in [3.8, 4) is 5.75 Å². The Hall–Kier alpha value is -3.06. The number of carbonyl (C=O) groups excluding carboxylic acids is 3. The van der Waals surface area contributed by atoms with Gasteiger partial charge in [0.25, 0.3) is 0 Å². The summed E-state index contributed by atoms with van der Waals surface area (Å²) in [6.07, 6.45) is 0.0531. The number of amides is 1. The van der Waals surface area contributed by atoms with Crippen LogP contribution in [0.1, 0.15) is 18.9 Å². The smallest absolute Gasteiger partial charge is 0.410 e. The molecule has 0 heterocycles. The van der Waals surface area contributed by atoms with E-state index in [9.17, 15) is 14.4 Å². The van der Waals surface area contributed by atoms with Crippen LogP contribution in [0.3, 0.4) is 0 Å². The second-order valence-corrected chi connectivity index (χ2v) is 6.60. The number of benzene rings is 2. The van der Waals surface area contributed by atoms with E-state index in [0.29, 0.717) is 23.6 Å². The molecule has 0 aliphatic heterocycles. The Balaban J connectivity index is 1.91. The predicted octanol–water partition coefficient (Wildman–Crippen LogP) is 3.74. The van der Waals surface area contributed by atoms with Crippen molar-refractivity contribution in [1.29, 1.82) is 0 Å². The average Bonchev–Trinajstić information content (AvgIpc) is 2.69. The van der Waals surface area contributed by atoms with Crippen molar-refractivity contribution in [2.75, 3.05) is 13.3 Å². The van der Waals surface area contributed by atoms with Gasteiger partial charge in [-0.2, -0.15) is 0 Å². The summed E-state index contributed by atoms with van der Waals surface area (Å²) in [6, 6.07) is 16.0. The monoisotopic (exact) mass is 419 g/mol. The molecule has 1 amide bonds. The molecule has 0 spiro atoms. The quantitative estimate of drug-likeness (QED) is 0.378. The molecule has 0 aromatic heterocycles. The van der Waals surface area contributed by atoms with Gasteiger partial charge in [-0.15, -0.1) is 0 Å². The lowest BCUT2D eigenvalue weighted by Gasteiger charge is -2.16. The molecular formula is C21H22ClNO6. The van der Waals surface area contributed by atoms with Gasteiger partial charge in [0.1, 0.15) is 5.75 Å². The summed E-state index contributed by atoms with van der Waals surface area (Å²) in [4.78, 5) is 34.9. The molecule has 7 nitrogen and oxygen atoms in total. The molecule has 8 heteroatoms. The van der Waals surface area contributed by atoms with Crippen LogP contribution in [0.25, 0.3) is 0 Å². The fourth-order valence-corrected chi connectivity index (χ4v) is 2.60. The molecule has 0 bridgehead atoms. The first-order valence-electron chi connectivity index (χ1n) is 8.99. The average molecular weight is 420 g/mol. The standard InChI is InChI=1S/C21H22ClNO6/c1-15(24)27-14-28-21(26)23-12-11-17(13-16-5-3-2-4-6-16)20(25)29-19-9-7-18(22)8-10-19/h2-10,17H,11-14H2,1H3,(H,23,26). The van der Waals surface area contributed by atoms with Gasteiger partial charge in [-0.25, -0.2) is 4.79 Å². The van der Waals surface area contributed by atoms with Gasteiger partial charge in [0.05, 0.1) is 5.92 Å². The fraction of sp³-hybridized carbons (Fsp3) is 0.286.